The number of hydrogen-bond donors (Lipinski definition) is 1. The molecule has 4 heterocycles. The number of fused-ring (bicyclic) bond motifs is 1. The van der Waals surface area contributed by atoms with E-state index in [1.54, 1.807) is 17.0 Å². The summed E-state index contributed by atoms with van der Waals surface area (Å²) in [5, 5.41) is 8.79. The van der Waals surface area contributed by atoms with Crippen molar-refractivity contribution in [1.29, 1.82) is 0 Å². The maximum absolute atomic E-state index is 13.7. The van der Waals surface area contributed by atoms with E-state index in [1.165, 1.54) is 11.3 Å². The van der Waals surface area contributed by atoms with Crippen LogP contribution in [-0.2, 0) is 0 Å². The molecule has 4 rings (SSSR count). The van der Waals surface area contributed by atoms with Crippen LogP contribution in [0.2, 0.25) is 5.02 Å². The largest absolute Gasteiger partial charge is 0.410 e. The third-order valence-electron chi connectivity index (χ3n) is 4.78. The Balaban J connectivity index is 1.74. The highest BCUT2D eigenvalue weighted by Gasteiger charge is 2.48. The molecule has 1 amide bonds. The molecular weight excluding hydrogens is 389 g/mol. The van der Waals surface area contributed by atoms with Crippen molar-refractivity contribution >= 4 is 34.7 Å². The molecule has 1 N–H and O–H groups in total. The minimum Gasteiger partial charge on any atom is -0.361 e. The lowest BCUT2D eigenvalue weighted by Crippen LogP contribution is -2.35. The highest BCUT2D eigenvalue weighted by Crippen LogP contribution is 2.47. The number of aromatic nitrogens is 2. The summed E-state index contributed by atoms with van der Waals surface area (Å²) in [7, 11) is 0. The van der Waals surface area contributed by atoms with Crippen LogP contribution in [0.3, 0.4) is 0 Å². The zero-order chi connectivity index (χ0) is 18.5. The molecule has 0 aliphatic carbocycles. The van der Waals surface area contributed by atoms with Gasteiger partial charge in [-0.3, -0.25) is 4.79 Å². The van der Waals surface area contributed by atoms with Gasteiger partial charge in [0.1, 0.15) is 10.8 Å². The van der Waals surface area contributed by atoms with E-state index in [2.05, 4.69) is 10.4 Å². The Kier molecular flexibility index (Phi) is 4.38. The fourth-order valence-electron chi connectivity index (χ4n) is 3.47. The molecule has 0 aromatic carbocycles. The normalized spacial score (nSPS) is 23.0. The zero-order valence-corrected chi connectivity index (χ0v) is 15.2. The number of amides is 1. The van der Waals surface area contributed by atoms with Crippen LogP contribution < -0.4 is 5.32 Å². The maximum Gasteiger partial charge on any atom is 0.410 e. The summed E-state index contributed by atoms with van der Waals surface area (Å²) in [5.41, 5.74) is -0.114. The van der Waals surface area contributed by atoms with E-state index in [4.69, 9.17) is 11.6 Å². The van der Waals surface area contributed by atoms with E-state index in [9.17, 15) is 18.0 Å². The molecule has 1 fully saturated rings. The van der Waals surface area contributed by atoms with Crippen molar-refractivity contribution < 1.29 is 18.0 Å². The van der Waals surface area contributed by atoms with Crippen molar-refractivity contribution in [3.63, 3.8) is 0 Å². The van der Waals surface area contributed by atoms with E-state index in [0.717, 1.165) is 22.4 Å². The molecule has 2 aromatic rings. The molecule has 0 radical (unpaired) electrons. The topological polar surface area (TPSA) is 50.2 Å². The fraction of sp³-hybridized carbons (Fsp3) is 0.500. The average Bonchev–Trinajstić information content (AvgIpc) is 3.34. The minimum absolute atomic E-state index is 0.0441. The van der Waals surface area contributed by atoms with Crippen molar-refractivity contribution in [2.75, 3.05) is 18.4 Å². The molecule has 2 aromatic heterocycles. The number of nitrogens with one attached hydrogen (secondary N) is 1. The van der Waals surface area contributed by atoms with E-state index in [0.29, 0.717) is 13.1 Å². The quantitative estimate of drug-likeness (QED) is 0.802. The van der Waals surface area contributed by atoms with Gasteiger partial charge in [0.15, 0.2) is 11.7 Å². The number of carbonyl (C=O) groups is 1. The number of anilines is 1. The molecule has 0 unspecified atom stereocenters. The highest BCUT2D eigenvalue weighted by molar-refractivity contribution is 7.10. The molecule has 2 atom stereocenters. The summed E-state index contributed by atoms with van der Waals surface area (Å²) >= 11 is 7.68. The van der Waals surface area contributed by atoms with E-state index >= 15 is 0 Å². The van der Waals surface area contributed by atoms with Gasteiger partial charge in [0.25, 0.3) is 5.91 Å². The first-order valence-corrected chi connectivity index (χ1v) is 9.56. The number of thiophene rings is 1. The summed E-state index contributed by atoms with van der Waals surface area (Å²) in [4.78, 5) is 15.0. The lowest BCUT2D eigenvalue weighted by Gasteiger charge is -2.32. The Labute approximate surface area is 156 Å². The monoisotopic (exact) mass is 404 g/mol. The van der Waals surface area contributed by atoms with Crippen LogP contribution in [0.25, 0.3) is 0 Å². The molecule has 5 nitrogen and oxygen atoms in total. The Morgan fingerprint density at radius 2 is 2.08 bits per heavy atom. The van der Waals surface area contributed by atoms with Gasteiger partial charge in [-0.2, -0.15) is 18.3 Å². The summed E-state index contributed by atoms with van der Waals surface area (Å²) < 4.78 is 41.8. The maximum atomic E-state index is 13.7. The van der Waals surface area contributed by atoms with Crippen LogP contribution in [0.15, 0.2) is 17.5 Å². The Morgan fingerprint density at radius 3 is 2.69 bits per heavy atom. The molecule has 1 saturated heterocycles. The second-order valence-electron chi connectivity index (χ2n) is 6.46. The van der Waals surface area contributed by atoms with Crippen molar-refractivity contribution in [1.82, 2.24) is 14.7 Å². The molecule has 2 aliphatic heterocycles. The van der Waals surface area contributed by atoms with Gasteiger partial charge in [-0.05, 0) is 24.3 Å². The SMILES string of the molecule is O=C(c1nn2c(c1Cl)N[C@H](c1cccs1)C[C@@H]2C(F)(F)F)N1CCCC1. The number of alkyl halides is 3. The lowest BCUT2D eigenvalue weighted by molar-refractivity contribution is -0.173. The zero-order valence-electron chi connectivity index (χ0n) is 13.6. The summed E-state index contributed by atoms with van der Waals surface area (Å²) in [6.07, 6.45) is -2.94. The molecule has 0 spiro atoms. The first-order chi connectivity index (χ1) is 12.4. The summed E-state index contributed by atoms with van der Waals surface area (Å²) in [6, 6.07) is 1.22. The third-order valence-corrected chi connectivity index (χ3v) is 6.12. The lowest BCUT2D eigenvalue weighted by atomic mass is 10.0. The van der Waals surface area contributed by atoms with E-state index < -0.39 is 24.2 Å². The molecule has 10 heteroatoms. The molecule has 26 heavy (non-hydrogen) atoms. The van der Waals surface area contributed by atoms with Gasteiger partial charge in [-0.15, -0.1) is 11.3 Å². The molecular formula is C16H16ClF3N4OS. The first-order valence-electron chi connectivity index (χ1n) is 8.30. The van der Waals surface area contributed by atoms with Crippen LogP contribution >= 0.6 is 22.9 Å². The van der Waals surface area contributed by atoms with Crippen LogP contribution in [-0.4, -0.2) is 39.9 Å². The summed E-state index contributed by atoms with van der Waals surface area (Å²) in [5.74, 6) is -0.356. The third kappa shape index (κ3) is 2.96. The standard InChI is InChI=1S/C16H16ClF3N4OS/c17-12-13(15(25)23-5-1-2-6-23)22-24-11(16(18,19)20)8-9(21-14(12)24)10-4-3-7-26-10/h3-4,7,9,11,21H,1-2,5-6,8H2/t9-,11+/m0/s1. The second kappa shape index (κ2) is 6.45. The molecule has 140 valence electrons. The van der Waals surface area contributed by atoms with Gasteiger partial charge in [0.05, 0.1) is 6.04 Å². The van der Waals surface area contributed by atoms with E-state index in [-0.39, 0.29) is 23.0 Å². The number of hydrogen-bond acceptors (Lipinski definition) is 4. The number of halogens is 4. The molecule has 2 aliphatic rings. The molecule has 0 saturated carbocycles. The van der Waals surface area contributed by atoms with Crippen molar-refractivity contribution in [2.24, 2.45) is 0 Å². The second-order valence-corrected chi connectivity index (χ2v) is 7.82. The van der Waals surface area contributed by atoms with Crippen LogP contribution in [0, 0.1) is 0 Å². The average molecular weight is 405 g/mol. The van der Waals surface area contributed by atoms with Crippen LogP contribution in [0.1, 0.15) is 46.7 Å². The number of rotatable bonds is 2. The Hall–Kier alpha value is -1.74. The van der Waals surface area contributed by atoms with E-state index in [1.807, 2.05) is 5.38 Å². The van der Waals surface area contributed by atoms with Gasteiger partial charge >= 0.3 is 6.18 Å². The van der Waals surface area contributed by atoms with Crippen LogP contribution in [0.5, 0.6) is 0 Å². The smallest absolute Gasteiger partial charge is 0.361 e. The van der Waals surface area contributed by atoms with Gasteiger partial charge in [0, 0.05) is 24.4 Å². The van der Waals surface area contributed by atoms with Gasteiger partial charge in [-0.25, -0.2) is 4.68 Å². The van der Waals surface area contributed by atoms with Crippen molar-refractivity contribution in [3.8, 4) is 0 Å². The van der Waals surface area contributed by atoms with Gasteiger partial charge in [0.2, 0.25) is 0 Å². The number of likely N-dealkylation sites (tertiary alicyclic amines) is 1. The van der Waals surface area contributed by atoms with Gasteiger partial charge in [-0.1, -0.05) is 17.7 Å². The highest BCUT2D eigenvalue weighted by atomic mass is 35.5. The Morgan fingerprint density at radius 1 is 1.35 bits per heavy atom. The van der Waals surface area contributed by atoms with Crippen molar-refractivity contribution in [2.45, 2.75) is 37.5 Å². The minimum atomic E-state index is -4.49. The summed E-state index contributed by atoms with van der Waals surface area (Å²) in [6.45, 7) is 1.15. The Bertz CT molecular complexity index is 814. The van der Waals surface area contributed by atoms with Crippen LogP contribution in [0.4, 0.5) is 19.0 Å². The number of carbonyl (C=O) groups excluding carboxylic acids is 1. The van der Waals surface area contributed by atoms with Crippen molar-refractivity contribution in [3.05, 3.63) is 33.1 Å². The predicted molar refractivity (Wildman–Crippen MR) is 92.8 cm³/mol. The van der Waals surface area contributed by atoms with Gasteiger partial charge < -0.3 is 10.2 Å². The predicted octanol–water partition coefficient (Wildman–Crippen LogP) is 4.49. The first kappa shape index (κ1) is 17.7. The molecule has 0 bridgehead atoms. The number of nitrogens with zero attached hydrogens (tertiary/aromatic N) is 3. The fourth-order valence-corrected chi connectivity index (χ4v) is 4.52.